The lowest BCUT2D eigenvalue weighted by atomic mass is 10.1. The molecular weight excluding hydrogens is 296 g/mol. The van der Waals surface area contributed by atoms with Gasteiger partial charge in [0.2, 0.25) is 0 Å². The normalized spacial score (nSPS) is 10.7. The number of hydrogen-bond donors (Lipinski definition) is 1. The number of benzene rings is 1. The van der Waals surface area contributed by atoms with E-state index in [1.807, 2.05) is 18.2 Å². The van der Waals surface area contributed by atoms with E-state index in [0.29, 0.717) is 29.3 Å². The molecule has 0 aliphatic carbocycles. The summed E-state index contributed by atoms with van der Waals surface area (Å²) in [4.78, 5) is 16.0. The molecule has 2 heterocycles. The smallest absolute Gasteiger partial charge is 0.354 e. The van der Waals surface area contributed by atoms with E-state index in [-0.39, 0.29) is 5.69 Å². The molecule has 6 nitrogen and oxygen atoms in total. The lowest BCUT2D eigenvalue weighted by molar-refractivity contribution is 0.0688. The minimum Gasteiger partial charge on any atom is -0.493 e. The van der Waals surface area contributed by atoms with Crippen LogP contribution >= 0.6 is 0 Å². The maximum Gasteiger partial charge on any atom is 0.354 e. The van der Waals surface area contributed by atoms with Gasteiger partial charge in [0.05, 0.1) is 19.9 Å². The molecule has 0 fully saturated rings. The number of aromatic nitrogens is 2. The first-order valence-corrected chi connectivity index (χ1v) is 7.04. The molecule has 0 saturated carbocycles. The summed E-state index contributed by atoms with van der Waals surface area (Å²) in [5.74, 6) is 0.231. The van der Waals surface area contributed by atoms with Crippen LogP contribution in [0.1, 0.15) is 21.7 Å². The van der Waals surface area contributed by atoms with Crippen molar-refractivity contribution >= 4 is 11.6 Å². The molecule has 0 aliphatic rings. The van der Waals surface area contributed by atoms with E-state index in [2.05, 4.69) is 4.98 Å². The number of hydrogen-bond acceptors (Lipinski definition) is 4. The fourth-order valence-corrected chi connectivity index (χ4v) is 2.58. The number of pyridine rings is 1. The number of rotatable bonds is 5. The van der Waals surface area contributed by atoms with Crippen LogP contribution < -0.4 is 9.47 Å². The number of nitrogens with zero attached hydrogens (tertiary/aromatic N) is 2. The van der Waals surface area contributed by atoms with Gasteiger partial charge >= 0.3 is 5.97 Å². The molecule has 0 amide bonds. The molecule has 0 bridgehead atoms. The summed E-state index contributed by atoms with van der Waals surface area (Å²) in [7, 11) is 3.14. The molecule has 23 heavy (non-hydrogen) atoms. The van der Waals surface area contributed by atoms with Crippen LogP contribution in [0, 0.1) is 0 Å². The van der Waals surface area contributed by atoms with E-state index >= 15 is 0 Å². The maximum absolute atomic E-state index is 11.6. The summed E-state index contributed by atoms with van der Waals surface area (Å²) >= 11 is 0. The van der Waals surface area contributed by atoms with Crippen LogP contribution in [-0.2, 0) is 6.42 Å². The lowest BCUT2D eigenvalue weighted by Crippen LogP contribution is -2.06. The highest BCUT2D eigenvalue weighted by molar-refractivity contribution is 5.88. The Balaban J connectivity index is 2.05. The summed E-state index contributed by atoms with van der Waals surface area (Å²) in [5.41, 5.74) is 2.19. The van der Waals surface area contributed by atoms with E-state index < -0.39 is 5.97 Å². The topological polar surface area (TPSA) is 73.1 Å². The van der Waals surface area contributed by atoms with Gasteiger partial charge in [0.25, 0.3) is 0 Å². The second-order valence-corrected chi connectivity index (χ2v) is 5.01. The molecule has 6 heteroatoms. The first-order valence-electron chi connectivity index (χ1n) is 7.04. The first-order chi connectivity index (χ1) is 11.1. The van der Waals surface area contributed by atoms with Gasteiger partial charge in [-0.15, -0.1) is 0 Å². The third kappa shape index (κ3) is 2.70. The van der Waals surface area contributed by atoms with E-state index in [9.17, 15) is 9.90 Å². The zero-order chi connectivity index (χ0) is 16.4. The number of methoxy groups -OCH3 is 2. The minimum atomic E-state index is -1.00. The van der Waals surface area contributed by atoms with Crippen molar-refractivity contribution in [2.45, 2.75) is 6.42 Å². The van der Waals surface area contributed by atoms with Crippen molar-refractivity contribution in [3.05, 3.63) is 59.5 Å². The Morgan fingerprint density at radius 1 is 1.17 bits per heavy atom. The molecule has 1 aromatic carbocycles. The van der Waals surface area contributed by atoms with Crippen LogP contribution in [0.2, 0.25) is 0 Å². The van der Waals surface area contributed by atoms with E-state index in [1.165, 1.54) is 0 Å². The van der Waals surface area contributed by atoms with Gasteiger partial charge in [0, 0.05) is 12.6 Å². The van der Waals surface area contributed by atoms with Crippen LogP contribution in [-0.4, -0.2) is 34.7 Å². The second kappa shape index (κ2) is 6.00. The van der Waals surface area contributed by atoms with Crippen LogP contribution in [0.25, 0.3) is 5.65 Å². The number of ether oxygens (including phenoxy) is 2. The van der Waals surface area contributed by atoms with E-state index in [1.54, 1.807) is 43.0 Å². The molecule has 3 aromatic rings. The average molecular weight is 312 g/mol. The molecule has 0 radical (unpaired) electrons. The fraction of sp³-hybridized carbons (Fsp3) is 0.176. The van der Waals surface area contributed by atoms with Gasteiger partial charge in [-0.25, -0.2) is 9.78 Å². The van der Waals surface area contributed by atoms with Crippen molar-refractivity contribution in [1.82, 2.24) is 9.38 Å². The fourth-order valence-electron chi connectivity index (χ4n) is 2.58. The summed E-state index contributed by atoms with van der Waals surface area (Å²) in [6.07, 6.45) is 2.09. The van der Waals surface area contributed by atoms with Crippen molar-refractivity contribution in [3.63, 3.8) is 0 Å². The van der Waals surface area contributed by atoms with Crippen LogP contribution in [0.4, 0.5) is 0 Å². The third-order valence-electron chi connectivity index (χ3n) is 3.62. The number of aromatic carboxylic acids is 1. The Labute approximate surface area is 132 Å². The highest BCUT2D eigenvalue weighted by Crippen LogP contribution is 2.29. The Morgan fingerprint density at radius 3 is 2.65 bits per heavy atom. The molecule has 0 saturated heterocycles. The van der Waals surface area contributed by atoms with Crippen LogP contribution in [0.15, 0.2) is 42.6 Å². The van der Waals surface area contributed by atoms with Crippen molar-refractivity contribution in [3.8, 4) is 11.5 Å². The van der Waals surface area contributed by atoms with Crippen molar-refractivity contribution < 1.29 is 19.4 Å². The van der Waals surface area contributed by atoms with Crippen molar-refractivity contribution in [2.75, 3.05) is 14.2 Å². The van der Waals surface area contributed by atoms with Gasteiger partial charge in [0.15, 0.2) is 17.2 Å². The van der Waals surface area contributed by atoms with E-state index in [4.69, 9.17) is 9.47 Å². The Hall–Kier alpha value is -3.02. The van der Waals surface area contributed by atoms with Gasteiger partial charge in [0.1, 0.15) is 5.65 Å². The van der Waals surface area contributed by atoms with Gasteiger partial charge in [-0.05, 0) is 29.8 Å². The number of carboxylic acid groups (broad SMARTS) is 1. The van der Waals surface area contributed by atoms with Crippen molar-refractivity contribution in [2.24, 2.45) is 0 Å². The molecule has 0 unspecified atom stereocenters. The van der Waals surface area contributed by atoms with Crippen LogP contribution in [0.5, 0.6) is 11.5 Å². The summed E-state index contributed by atoms with van der Waals surface area (Å²) in [5, 5.41) is 9.51. The number of fused-ring (bicyclic) bond motifs is 1. The molecule has 0 atom stereocenters. The molecule has 0 spiro atoms. The molecular formula is C17H16N2O4. The minimum absolute atomic E-state index is 0.176. The SMILES string of the molecule is COc1ccc(Cc2nc3ccccn3c2C(=O)O)cc1OC. The Morgan fingerprint density at radius 2 is 1.96 bits per heavy atom. The summed E-state index contributed by atoms with van der Waals surface area (Å²) < 4.78 is 12.1. The summed E-state index contributed by atoms with van der Waals surface area (Å²) in [6.45, 7) is 0. The van der Waals surface area contributed by atoms with Crippen molar-refractivity contribution in [1.29, 1.82) is 0 Å². The third-order valence-corrected chi connectivity index (χ3v) is 3.62. The zero-order valence-electron chi connectivity index (χ0n) is 12.8. The predicted molar refractivity (Wildman–Crippen MR) is 84.5 cm³/mol. The van der Waals surface area contributed by atoms with Gasteiger partial charge in [-0.3, -0.25) is 4.40 Å². The summed E-state index contributed by atoms with van der Waals surface area (Å²) in [6, 6.07) is 10.9. The second-order valence-electron chi connectivity index (χ2n) is 5.01. The molecule has 118 valence electrons. The Bertz CT molecular complexity index is 870. The Kier molecular flexibility index (Phi) is 3.89. The predicted octanol–water partition coefficient (Wildman–Crippen LogP) is 2.64. The molecule has 3 rings (SSSR count). The molecule has 2 aromatic heterocycles. The molecule has 1 N–H and O–H groups in total. The average Bonchev–Trinajstić information content (AvgIpc) is 2.92. The lowest BCUT2D eigenvalue weighted by Gasteiger charge is -2.09. The molecule has 0 aliphatic heterocycles. The quantitative estimate of drug-likeness (QED) is 0.784. The number of imidazole rings is 1. The largest absolute Gasteiger partial charge is 0.493 e. The number of carbonyl (C=O) groups is 1. The van der Waals surface area contributed by atoms with Gasteiger partial charge in [-0.2, -0.15) is 0 Å². The first kappa shape index (κ1) is 14.9. The highest BCUT2D eigenvalue weighted by Gasteiger charge is 2.19. The van der Waals surface area contributed by atoms with Gasteiger partial charge in [-0.1, -0.05) is 12.1 Å². The standard InChI is InChI=1S/C17H16N2O4/c1-22-13-7-6-11(10-14(13)23-2)9-12-16(17(20)21)19-8-4-3-5-15(19)18-12/h3-8,10H,9H2,1-2H3,(H,20,21). The number of carboxylic acids is 1. The van der Waals surface area contributed by atoms with Gasteiger partial charge < -0.3 is 14.6 Å². The van der Waals surface area contributed by atoms with E-state index in [0.717, 1.165) is 5.56 Å². The monoisotopic (exact) mass is 312 g/mol. The highest BCUT2D eigenvalue weighted by atomic mass is 16.5. The zero-order valence-corrected chi connectivity index (χ0v) is 12.8. The maximum atomic E-state index is 11.6. The van der Waals surface area contributed by atoms with Crippen LogP contribution in [0.3, 0.4) is 0 Å².